The molecule has 0 aromatic heterocycles. The summed E-state index contributed by atoms with van der Waals surface area (Å²) < 4.78 is 15.2. The highest BCUT2D eigenvalue weighted by Gasteiger charge is 2.30. The van der Waals surface area contributed by atoms with Crippen LogP contribution in [0.1, 0.15) is 23.8 Å². The predicted octanol–water partition coefficient (Wildman–Crippen LogP) is 4.92. The Hall–Kier alpha value is -3.71. The molecule has 1 aliphatic heterocycles. The molecular formula is C30H37FN4O2. The number of nitrogens with zero attached hydrogens (tertiary/aromatic N) is 4. The van der Waals surface area contributed by atoms with Crippen LogP contribution in [0.3, 0.4) is 0 Å². The van der Waals surface area contributed by atoms with Crippen molar-refractivity contribution < 1.29 is 15.4 Å². The first-order valence-corrected chi connectivity index (χ1v) is 12.5. The minimum absolute atomic E-state index is 0. The van der Waals surface area contributed by atoms with Gasteiger partial charge in [-0.25, -0.2) is 4.39 Å². The molecule has 1 fully saturated rings. The standard InChI is InChI=1S/C30H35FN4O2.H2/c1-21-6-8-22(9-7-21)23-10-12-24(13-11-23)30(37)34(5)25-14-15-28(27(31)18-25)35-17-16-26(19-35)33(4)29(36)20-32(2)3;/h6-15,18,26H,16-17,19-20H2,1-5H3;1H. The van der Waals surface area contributed by atoms with Crippen molar-refractivity contribution in [2.45, 2.75) is 19.4 Å². The number of hydrogen-bond acceptors (Lipinski definition) is 4. The number of halogens is 1. The first-order chi connectivity index (χ1) is 17.6. The van der Waals surface area contributed by atoms with Gasteiger partial charge in [-0.1, -0.05) is 42.0 Å². The van der Waals surface area contributed by atoms with Crippen LogP contribution < -0.4 is 9.80 Å². The number of amides is 2. The molecule has 37 heavy (non-hydrogen) atoms. The van der Waals surface area contributed by atoms with Crippen LogP contribution >= 0.6 is 0 Å². The lowest BCUT2D eigenvalue weighted by Crippen LogP contribution is -2.43. The number of carbonyl (C=O) groups is 2. The lowest BCUT2D eigenvalue weighted by Gasteiger charge is -2.27. The summed E-state index contributed by atoms with van der Waals surface area (Å²) in [5, 5.41) is 0. The summed E-state index contributed by atoms with van der Waals surface area (Å²) in [6.07, 6.45) is 0.786. The van der Waals surface area contributed by atoms with E-state index in [1.807, 2.05) is 50.0 Å². The number of benzene rings is 3. The minimum Gasteiger partial charge on any atom is -0.367 e. The zero-order chi connectivity index (χ0) is 26.7. The fourth-order valence-corrected chi connectivity index (χ4v) is 4.69. The molecule has 3 aromatic carbocycles. The Morgan fingerprint density at radius 1 is 0.946 bits per heavy atom. The van der Waals surface area contributed by atoms with Crippen molar-refractivity contribution >= 4 is 23.2 Å². The van der Waals surface area contributed by atoms with Crippen LogP contribution in [0.2, 0.25) is 0 Å². The van der Waals surface area contributed by atoms with Crippen LogP contribution in [-0.2, 0) is 4.79 Å². The van der Waals surface area contributed by atoms with Gasteiger partial charge in [-0.05, 0) is 68.9 Å². The van der Waals surface area contributed by atoms with E-state index >= 15 is 4.39 Å². The van der Waals surface area contributed by atoms with Crippen LogP contribution in [0.25, 0.3) is 11.1 Å². The molecule has 0 bridgehead atoms. The van der Waals surface area contributed by atoms with Crippen molar-refractivity contribution in [3.63, 3.8) is 0 Å². The highest BCUT2D eigenvalue weighted by molar-refractivity contribution is 6.06. The summed E-state index contributed by atoms with van der Waals surface area (Å²) in [6.45, 7) is 3.65. The molecule has 196 valence electrons. The monoisotopic (exact) mass is 504 g/mol. The molecule has 0 N–H and O–H groups in total. The van der Waals surface area contributed by atoms with Gasteiger partial charge >= 0.3 is 0 Å². The summed E-state index contributed by atoms with van der Waals surface area (Å²) in [6, 6.07) is 20.6. The van der Waals surface area contributed by atoms with Gasteiger partial charge in [-0.2, -0.15) is 0 Å². The SMILES string of the molecule is Cc1ccc(-c2ccc(C(=O)N(C)c3ccc(N4CCC(N(C)C(=O)CN(C)C)C4)c(F)c3)cc2)cc1.[HH]. The molecule has 1 saturated heterocycles. The average Bonchev–Trinajstić information content (AvgIpc) is 3.37. The van der Waals surface area contributed by atoms with Gasteiger partial charge < -0.3 is 19.6 Å². The number of rotatable bonds is 7. The molecule has 0 aliphatic carbocycles. The quantitative estimate of drug-likeness (QED) is 0.458. The van der Waals surface area contributed by atoms with E-state index in [-0.39, 0.29) is 25.1 Å². The summed E-state index contributed by atoms with van der Waals surface area (Å²) in [5.74, 6) is -0.528. The largest absolute Gasteiger partial charge is 0.367 e. The number of carbonyl (C=O) groups excluding carboxylic acids is 2. The van der Waals surface area contributed by atoms with E-state index < -0.39 is 0 Å². The molecular weight excluding hydrogens is 467 g/mol. The Bertz CT molecular complexity index is 1260. The van der Waals surface area contributed by atoms with E-state index in [0.717, 1.165) is 17.5 Å². The second kappa shape index (κ2) is 11.1. The maximum Gasteiger partial charge on any atom is 0.258 e. The number of hydrogen-bond donors (Lipinski definition) is 0. The summed E-state index contributed by atoms with van der Waals surface area (Å²) in [7, 11) is 7.20. The first-order valence-electron chi connectivity index (χ1n) is 12.5. The molecule has 4 rings (SSSR count). The first kappa shape index (κ1) is 26.4. The molecule has 2 amide bonds. The molecule has 0 saturated carbocycles. The normalized spacial score (nSPS) is 15.2. The van der Waals surface area contributed by atoms with Gasteiger partial charge in [0.05, 0.1) is 18.3 Å². The van der Waals surface area contributed by atoms with Gasteiger partial charge in [-0.3, -0.25) is 9.59 Å². The Kier molecular flexibility index (Phi) is 7.93. The third-order valence-electron chi connectivity index (χ3n) is 7.04. The molecule has 1 atom stereocenters. The highest BCUT2D eigenvalue weighted by atomic mass is 19.1. The van der Waals surface area contributed by atoms with E-state index in [0.29, 0.717) is 36.6 Å². The Balaban J connectivity index is 0.00000400. The Morgan fingerprint density at radius 2 is 1.57 bits per heavy atom. The Morgan fingerprint density at radius 3 is 2.16 bits per heavy atom. The maximum absolute atomic E-state index is 15.2. The van der Waals surface area contributed by atoms with Crippen LogP contribution in [0, 0.1) is 12.7 Å². The van der Waals surface area contributed by atoms with Crippen LogP contribution in [0.4, 0.5) is 15.8 Å². The average molecular weight is 505 g/mol. The summed E-state index contributed by atoms with van der Waals surface area (Å²) in [4.78, 5) is 32.6. The van der Waals surface area contributed by atoms with Crippen molar-refractivity contribution in [3.8, 4) is 11.1 Å². The molecule has 6 nitrogen and oxygen atoms in total. The van der Waals surface area contributed by atoms with E-state index in [4.69, 9.17) is 0 Å². The van der Waals surface area contributed by atoms with E-state index in [1.54, 1.807) is 36.2 Å². The molecule has 1 aliphatic rings. The van der Waals surface area contributed by atoms with Gasteiger partial charge in [0.25, 0.3) is 5.91 Å². The van der Waals surface area contributed by atoms with Crippen molar-refractivity contribution in [3.05, 3.63) is 83.7 Å². The topological polar surface area (TPSA) is 47.1 Å². The summed E-state index contributed by atoms with van der Waals surface area (Å²) >= 11 is 0. The third kappa shape index (κ3) is 6.00. The van der Waals surface area contributed by atoms with Crippen LogP contribution in [0.15, 0.2) is 66.7 Å². The maximum atomic E-state index is 15.2. The Labute approximate surface area is 220 Å². The molecule has 0 spiro atoms. The van der Waals surface area contributed by atoms with E-state index in [2.05, 4.69) is 24.3 Å². The van der Waals surface area contributed by atoms with Gasteiger partial charge in [0.15, 0.2) is 0 Å². The van der Waals surface area contributed by atoms with Crippen molar-refractivity contribution in [1.82, 2.24) is 9.80 Å². The second-order valence-electron chi connectivity index (χ2n) is 10.1. The molecule has 1 heterocycles. The minimum atomic E-state index is -0.380. The van der Waals surface area contributed by atoms with Gasteiger partial charge in [0.2, 0.25) is 5.91 Å². The highest BCUT2D eigenvalue weighted by Crippen LogP contribution is 2.29. The summed E-state index contributed by atoms with van der Waals surface area (Å²) in [5.41, 5.74) is 4.84. The van der Waals surface area contributed by atoms with E-state index in [1.165, 1.54) is 16.5 Å². The zero-order valence-corrected chi connectivity index (χ0v) is 22.2. The second-order valence-corrected chi connectivity index (χ2v) is 10.1. The fraction of sp³-hybridized carbons (Fsp3) is 0.333. The molecule has 1 unspecified atom stereocenters. The smallest absolute Gasteiger partial charge is 0.258 e. The predicted molar refractivity (Wildman–Crippen MR) is 150 cm³/mol. The van der Waals surface area contributed by atoms with Crippen LogP contribution in [0.5, 0.6) is 0 Å². The van der Waals surface area contributed by atoms with Gasteiger partial charge in [0, 0.05) is 39.9 Å². The molecule has 3 aromatic rings. The fourth-order valence-electron chi connectivity index (χ4n) is 4.69. The number of anilines is 2. The molecule has 7 heteroatoms. The zero-order valence-electron chi connectivity index (χ0n) is 22.2. The van der Waals surface area contributed by atoms with Gasteiger partial charge in [-0.15, -0.1) is 0 Å². The van der Waals surface area contributed by atoms with Crippen molar-refractivity contribution in [1.29, 1.82) is 0 Å². The number of aryl methyl sites for hydroxylation is 1. The lowest BCUT2D eigenvalue weighted by molar-refractivity contribution is -0.132. The van der Waals surface area contributed by atoms with Gasteiger partial charge in [0.1, 0.15) is 5.82 Å². The third-order valence-corrected chi connectivity index (χ3v) is 7.04. The lowest BCUT2D eigenvalue weighted by atomic mass is 10.0. The van der Waals surface area contributed by atoms with Crippen LogP contribution in [-0.4, -0.2) is 75.5 Å². The molecule has 0 radical (unpaired) electrons. The number of likely N-dealkylation sites (N-methyl/N-ethyl adjacent to an activating group) is 2. The van der Waals surface area contributed by atoms with Crippen molar-refractivity contribution in [2.24, 2.45) is 0 Å². The van der Waals surface area contributed by atoms with Crippen molar-refractivity contribution in [2.75, 3.05) is 57.6 Å². The van der Waals surface area contributed by atoms with E-state index in [9.17, 15) is 9.59 Å².